The average molecular weight is 205 g/mol. The molecule has 0 bridgehead atoms. The van der Waals surface area contributed by atoms with E-state index in [2.05, 4.69) is 15.0 Å². The second-order valence-corrected chi connectivity index (χ2v) is 3.02. The second kappa shape index (κ2) is 4.15. The van der Waals surface area contributed by atoms with E-state index < -0.39 is 0 Å². The molecule has 0 N–H and O–H groups in total. The van der Waals surface area contributed by atoms with Crippen LogP contribution < -0.4 is 0 Å². The molecule has 1 radical (unpaired) electrons. The van der Waals surface area contributed by atoms with Crippen molar-refractivity contribution in [2.75, 3.05) is 0 Å². The van der Waals surface area contributed by atoms with E-state index in [0.29, 0.717) is 10.8 Å². The molecule has 0 fully saturated rings. The number of hydrogen-bond acceptors (Lipinski definition) is 3. The number of nitrogens with zero attached hydrogens (tertiary/aromatic N) is 3. The van der Waals surface area contributed by atoms with Crippen molar-refractivity contribution in [3.63, 3.8) is 0 Å². The van der Waals surface area contributed by atoms with Crippen LogP contribution in [-0.4, -0.2) is 15.0 Å². The monoisotopic (exact) mass is 204 g/mol. The van der Waals surface area contributed by atoms with Gasteiger partial charge in [0.1, 0.15) is 0 Å². The van der Waals surface area contributed by atoms with Crippen molar-refractivity contribution in [1.29, 1.82) is 0 Å². The largest absolute Gasteiger partial charge is 0.264 e. The van der Waals surface area contributed by atoms with Gasteiger partial charge in [0.2, 0.25) is 0 Å². The molecule has 2 aromatic heterocycles. The van der Waals surface area contributed by atoms with Crippen LogP contribution in [0.3, 0.4) is 0 Å². The second-order valence-electron chi connectivity index (χ2n) is 2.66. The summed E-state index contributed by atoms with van der Waals surface area (Å²) in [6.45, 7) is 0. The molecule has 4 heteroatoms. The lowest BCUT2D eigenvalue weighted by Crippen LogP contribution is -1.92. The summed E-state index contributed by atoms with van der Waals surface area (Å²) in [6, 6.07) is 3.79. The molecule has 0 saturated heterocycles. The summed E-state index contributed by atoms with van der Waals surface area (Å²) in [6.07, 6.45) is 8.46. The highest BCUT2D eigenvalue weighted by molar-refractivity contribution is 6.30. The van der Waals surface area contributed by atoms with Gasteiger partial charge in [0.25, 0.3) is 0 Å². The highest BCUT2D eigenvalue weighted by Gasteiger charge is 2.03. The number of rotatable bonds is 2. The summed E-state index contributed by atoms with van der Waals surface area (Å²) >= 11 is 5.85. The highest BCUT2D eigenvalue weighted by Crippen LogP contribution is 2.14. The Morgan fingerprint density at radius 2 is 2.00 bits per heavy atom. The predicted molar refractivity (Wildman–Crippen MR) is 53.8 cm³/mol. The first-order chi connectivity index (χ1) is 6.86. The molecule has 0 aliphatic rings. The number of pyridine rings is 1. The Morgan fingerprint density at radius 1 is 1.14 bits per heavy atom. The summed E-state index contributed by atoms with van der Waals surface area (Å²) in [7, 11) is 0. The molecular weight excluding hydrogens is 198 g/mol. The molecule has 2 heterocycles. The van der Waals surface area contributed by atoms with Gasteiger partial charge in [-0.2, -0.15) is 0 Å². The smallest absolute Gasteiger partial charge is 0.151 e. The quantitative estimate of drug-likeness (QED) is 0.752. The zero-order valence-corrected chi connectivity index (χ0v) is 8.02. The molecule has 2 aromatic rings. The van der Waals surface area contributed by atoms with Gasteiger partial charge in [-0.05, 0) is 11.6 Å². The Kier molecular flexibility index (Phi) is 2.70. The van der Waals surface area contributed by atoms with E-state index in [0.717, 1.165) is 5.56 Å². The lowest BCUT2D eigenvalue weighted by atomic mass is 10.2. The van der Waals surface area contributed by atoms with E-state index in [4.69, 9.17) is 11.6 Å². The van der Waals surface area contributed by atoms with Gasteiger partial charge in [0, 0.05) is 31.2 Å². The van der Waals surface area contributed by atoms with Crippen molar-refractivity contribution >= 4 is 11.6 Å². The van der Waals surface area contributed by atoms with E-state index >= 15 is 0 Å². The third-order valence-corrected chi connectivity index (χ3v) is 1.96. The van der Waals surface area contributed by atoms with E-state index in [1.807, 2.05) is 18.6 Å². The van der Waals surface area contributed by atoms with Crippen molar-refractivity contribution < 1.29 is 0 Å². The fraction of sp³-hybridized carbons (Fsp3) is 0. The van der Waals surface area contributed by atoms with Crippen molar-refractivity contribution in [3.05, 3.63) is 59.8 Å². The van der Waals surface area contributed by atoms with Crippen LogP contribution in [0.1, 0.15) is 11.3 Å². The summed E-state index contributed by atoms with van der Waals surface area (Å²) in [4.78, 5) is 12.0. The Bertz CT molecular complexity index is 417. The van der Waals surface area contributed by atoms with Crippen molar-refractivity contribution in [2.24, 2.45) is 0 Å². The summed E-state index contributed by atoms with van der Waals surface area (Å²) < 4.78 is 0. The molecule has 2 rings (SSSR count). The predicted octanol–water partition coefficient (Wildman–Crippen LogP) is 2.13. The van der Waals surface area contributed by atoms with Crippen molar-refractivity contribution in [3.8, 4) is 0 Å². The lowest BCUT2D eigenvalue weighted by molar-refractivity contribution is 1.12. The normalized spacial score (nSPS) is 10.1. The maximum Gasteiger partial charge on any atom is 0.151 e. The molecule has 0 unspecified atom stereocenters. The first kappa shape index (κ1) is 9.09. The molecule has 0 aromatic carbocycles. The third-order valence-electron chi connectivity index (χ3n) is 1.67. The van der Waals surface area contributed by atoms with Crippen LogP contribution in [-0.2, 0) is 0 Å². The van der Waals surface area contributed by atoms with Crippen LogP contribution in [0.15, 0.2) is 36.9 Å². The first-order valence-electron chi connectivity index (χ1n) is 4.07. The number of hydrogen-bond donors (Lipinski definition) is 0. The molecular formula is C10H7ClN3. The summed E-state index contributed by atoms with van der Waals surface area (Å²) in [5.41, 5.74) is 1.61. The molecule has 0 amide bonds. The van der Waals surface area contributed by atoms with E-state index in [-0.39, 0.29) is 0 Å². The maximum atomic E-state index is 5.85. The van der Waals surface area contributed by atoms with Gasteiger partial charge in [-0.15, -0.1) is 0 Å². The molecule has 69 valence electrons. The zero-order chi connectivity index (χ0) is 9.80. The minimum Gasteiger partial charge on any atom is -0.264 e. The summed E-state index contributed by atoms with van der Waals surface area (Å²) in [5.74, 6) is 0. The fourth-order valence-corrected chi connectivity index (χ4v) is 1.21. The third kappa shape index (κ3) is 2.06. The van der Waals surface area contributed by atoms with Crippen LogP contribution in [0.25, 0.3) is 0 Å². The molecule has 0 atom stereocenters. The molecule has 0 aliphatic carbocycles. The van der Waals surface area contributed by atoms with Gasteiger partial charge in [-0.25, -0.2) is 4.98 Å². The Morgan fingerprint density at radius 3 is 2.71 bits per heavy atom. The number of halogens is 1. The van der Waals surface area contributed by atoms with Crippen LogP contribution in [0, 0.1) is 6.42 Å². The van der Waals surface area contributed by atoms with Gasteiger partial charge in [0.05, 0.1) is 5.69 Å². The molecule has 0 saturated carbocycles. The van der Waals surface area contributed by atoms with E-state index in [9.17, 15) is 0 Å². The standard InChI is InChI=1S/C10H7ClN3/c11-10-9(13-4-5-14-10)6-8-2-1-3-12-7-8/h1-7H. The first-order valence-corrected chi connectivity index (χ1v) is 4.45. The minimum absolute atomic E-state index is 0.399. The SMILES string of the molecule is Clc1nccnc1[CH]c1cccnc1. The van der Waals surface area contributed by atoms with Crippen LogP contribution in [0.5, 0.6) is 0 Å². The van der Waals surface area contributed by atoms with Gasteiger partial charge in [-0.1, -0.05) is 17.7 Å². The van der Waals surface area contributed by atoms with Crippen LogP contribution in [0.2, 0.25) is 5.15 Å². The average Bonchev–Trinajstić information content (AvgIpc) is 2.23. The van der Waals surface area contributed by atoms with E-state index in [1.165, 1.54) is 0 Å². The Balaban J connectivity index is 2.24. The zero-order valence-electron chi connectivity index (χ0n) is 7.26. The van der Waals surface area contributed by atoms with Gasteiger partial charge in [-0.3, -0.25) is 9.97 Å². The fourth-order valence-electron chi connectivity index (χ4n) is 1.05. The maximum absolute atomic E-state index is 5.85. The highest BCUT2D eigenvalue weighted by atomic mass is 35.5. The lowest BCUT2D eigenvalue weighted by Gasteiger charge is -2.00. The topological polar surface area (TPSA) is 38.7 Å². The van der Waals surface area contributed by atoms with Crippen LogP contribution >= 0.6 is 11.6 Å². The van der Waals surface area contributed by atoms with Crippen molar-refractivity contribution in [1.82, 2.24) is 15.0 Å². The molecule has 14 heavy (non-hydrogen) atoms. The number of aromatic nitrogens is 3. The summed E-state index contributed by atoms with van der Waals surface area (Å²) in [5, 5.41) is 0.399. The van der Waals surface area contributed by atoms with Crippen molar-refractivity contribution in [2.45, 2.75) is 0 Å². The molecule has 0 aliphatic heterocycles. The molecule has 0 spiro atoms. The Hall–Kier alpha value is -1.48. The van der Waals surface area contributed by atoms with Crippen LogP contribution in [0.4, 0.5) is 0 Å². The Labute approximate surface area is 86.8 Å². The van der Waals surface area contributed by atoms with Gasteiger partial charge >= 0.3 is 0 Å². The van der Waals surface area contributed by atoms with Gasteiger partial charge in [0.15, 0.2) is 5.15 Å². The van der Waals surface area contributed by atoms with E-state index in [1.54, 1.807) is 24.8 Å². The molecule has 3 nitrogen and oxygen atoms in total. The van der Waals surface area contributed by atoms with Gasteiger partial charge < -0.3 is 0 Å². The minimum atomic E-state index is 0.399.